The van der Waals surface area contributed by atoms with Gasteiger partial charge in [0.25, 0.3) is 0 Å². The highest BCUT2D eigenvalue weighted by atomic mass is 31.1. The van der Waals surface area contributed by atoms with Crippen LogP contribution in [0.25, 0.3) is 66.1 Å². The van der Waals surface area contributed by atoms with E-state index in [-0.39, 0.29) is 11.7 Å². The SMILES string of the molecule is C1=CC2=c3c(op(N[C@@H](c4ccccc4)[C@H](c4ccccc4)P4Cc5ccc6ccccc6c5-c5c(ccc6ccccc56)C4)oc4ccc5ccccc5c34)=CCC2C=C1. The molecule has 0 spiro atoms. The first-order valence-corrected chi connectivity index (χ1v) is 24.3. The molecule has 2 unspecified atom stereocenters. The number of hydrogen-bond donors (Lipinski definition) is 1. The van der Waals surface area contributed by atoms with Gasteiger partial charge in [-0.05, 0) is 102 Å². The number of fused-ring (bicyclic) bond motifs is 13. The van der Waals surface area contributed by atoms with Gasteiger partial charge in [0, 0.05) is 22.2 Å². The third-order valence-corrected chi connectivity index (χ3v) is 17.1. The third kappa shape index (κ3) is 6.43. The molecule has 0 amide bonds. The summed E-state index contributed by atoms with van der Waals surface area (Å²) in [6.45, 7) is 0. The van der Waals surface area contributed by atoms with E-state index in [0.29, 0.717) is 5.92 Å². The van der Waals surface area contributed by atoms with E-state index in [9.17, 15) is 0 Å². The summed E-state index contributed by atoms with van der Waals surface area (Å²) in [6.07, 6.45) is 14.1. The first kappa shape index (κ1) is 36.6. The molecule has 2 heterocycles. The van der Waals surface area contributed by atoms with Gasteiger partial charge in [0.1, 0.15) is 11.0 Å². The van der Waals surface area contributed by atoms with E-state index in [2.05, 4.69) is 205 Å². The van der Waals surface area contributed by atoms with E-state index in [4.69, 9.17) is 8.39 Å². The average Bonchev–Trinajstić information content (AvgIpc) is 3.60. The lowest BCUT2D eigenvalue weighted by atomic mass is 9.86. The highest BCUT2D eigenvalue weighted by Crippen LogP contribution is 2.65. The lowest BCUT2D eigenvalue weighted by molar-refractivity contribution is 0.570. The third-order valence-electron chi connectivity index (χ3n) is 13.0. The molecule has 3 aliphatic rings. The van der Waals surface area contributed by atoms with Crippen LogP contribution >= 0.6 is 16.1 Å². The topological polar surface area (TPSA) is 38.3 Å². The lowest BCUT2D eigenvalue weighted by Crippen LogP contribution is -2.32. The Bertz CT molecular complexity index is 3320. The largest absolute Gasteiger partial charge is 0.408 e. The van der Waals surface area contributed by atoms with Gasteiger partial charge >= 0.3 is 8.16 Å². The molecule has 1 aromatic heterocycles. The number of rotatable bonds is 6. The van der Waals surface area contributed by atoms with Crippen molar-refractivity contribution in [1.82, 2.24) is 0 Å². The van der Waals surface area contributed by atoms with Crippen LogP contribution in [0.4, 0.5) is 0 Å². The molecule has 4 atom stereocenters. The molecule has 3 nitrogen and oxygen atoms in total. The summed E-state index contributed by atoms with van der Waals surface area (Å²) < 4.78 is 14.5. The minimum atomic E-state index is -1.66. The van der Waals surface area contributed by atoms with Crippen molar-refractivity contribution in [2.45, 2.75) is 30.4 Å². The molecule has 61 heavy (non-hydrogen) atoms. The second-order valence-electron chi connectivity index (χ2n) is 16.5. The van der Waals surface area contributed by atoms with Crippen LogP contribution in [-0.4, -0.2) is 0 Å². The summed E-state index contributed by atoms with van der Waals surface area (Å²) in [4.78, 5) is 0. The van der Waals surface area contributed by atoms with Crippen molar-refractivity contribution in [3.8, 4) is 11.1 Å². The first-order valence-electron chi connectivity index (χ1n) is 21.3. The smallest absolute Gasteiger partial charge is 0.307 e. The van der Waals surface area contributed by atoms with E-state index in [1.807, 2.05) is 0 Å². The maximum atomic E-state index is 7.24. The van der Waals surface area contributed by atoms with Gasteiger partial charge in [-0.15, -0.1) is 0 Å². The van der Waals surface area contributed by atoms with Gasteiger partial charge in [-0.3, -0.25) is 0 Å². The molecule has 2 aliphatic carbocycles. The number of nitrogens with one attached hydrogen (secondary N) is 1. The van der Waals surface area contributed by atoms with Crippen LogP contribution in [0.5, 0.6) is 0 Å². The second kappa shape index (κ2) is 15.4. The minimum Gasteiger partial charge on any atom is -0.408 e. The maximum Gasteiger partial charge on any atom is 0.307 e. The van der Waals surface area contributed by atoms with Crippen molar-refractivity contribution in [3.63, 3.8) is 0 Å². The zero-order valence-corrected chi connectivity index (χ0v) is 35.4. The summed E-state index contributed by atoms with van der Waals surface area (Å²) in [7, 11) is -2.38. The van der Waals surface area contributed by atoms with Crippen molar-refractivity contribution in [3.05, 3.63) is 227 Å². The Morgan fingerprint density at radius 3 is 1.79 bits per heavy atom. The highest BCUT2D eigenvalue weighted by Gasteiger charge is 2.36. The van der Waals surface area contributed by atoms with Gasteiger partial charge in [-0.1, -0.05) is 196 Å². The molecule has 0 radical (unpaired) electrons. The fraction of sp³-hybridized carbons (Fsp3) is 0.107. The molecule has 5 heteroatoms. The Balaban J connectivity index is 1.09. The molecule has 294 valence electrons. The molecule has 1 aliphatic heterocycles. The van der Waals surface area contributed by atoms with Gasteiger partial charge in [0.2, 0.25) is 0 Å². The van der Waals surface area contributed by atoms with E-state index in [1.165, 1.54) is 71.3 Å². The molecule has 9 aromatic rings. The van der Waals surface area contributed by atoms with Crippen molar-refractivity contribution in [1.29, 1.82) is 0 Å². The molecule has 12 rings (SSSR count). The second-order valence-corrected chi connectivity index (χ2v) is 20.0. The fourth-order valence-corrected chi connectivity index (χ4v) is 14.9. The van der Waals surface area contributed by atoms with Crippen LogP contribution in [0, 0.1) is 5.92 Å². The van der Waals surface area contributed by atoms with Gasteiger partial charge in [-0.25, -0.2) is 5.09 Å². The van der Waals surface area contributed by atoms with Crippen LogP contribution in [0.1, 0.15) is 40.4 Å². The molecule has 8 aromatic carbocycles. The quantitative estimate of drug-likeness (QED) is 0.170. The van der Waals surface area contributed by atoms with Crippen LogP contribution in [0.3, 0.4) is 0 Å². The Morgan fingerprint density at radius 1 is 0.541 bits per heavy atom. The zero-order valence-electron chi connectivity index (χ0n) is 33.6. The first-order chi connectivity index (χ1) is 30.2. The molecule has 0 bridgehead atoms. The summed E-state index contributed by atoms with van der Waals surface area (Å²) in [5, 5.41) is 14.0. The summed E-state index contributed by atoms with van der Waals surface area (Å²) in [5.41, 5.74) is 11.4. The van der Waals surface area contributed by atoms with E-state index < -0.39 is 16.1 Å². The predicted octanol–water partition coefficient (Wildman–Crippen LogP) is 14.6. The van der Waals surface area contributed by atoms with Gasteiger partial charge < -0.3 is 8.39 Å². The lowest BCUT2D eigenvalue weighted by Gasteiger charge is -2.35. The Morgan fingerprint density at radius 2 is 1.11 bits per heavy atom. The number of hydrogen-bond acceptors (Lipinski definition) is 3. The van der Waals surface area contributed by atoms with Crippen LogP contribution in [-0.2, 0) is 12.3 Å². The molecule has 0 saturated carbocycles. The number of benzene rings is 8. The van der Waals surface area contributed by atoms with Crippen LogP contribution < -0.4 is 15.7 Å². The van der Waals surface area contributed by atoms with E-state index in [1.54, 1.807) is 0 Å². The molecular formula is C56H43NO2P2. The standard InChI is InChI=1S/C56H43NO2P2/c1-3-19-41(20-4-1)55(57-61-58-49-33-31-39-17-9-13-25-47(39)53(49)54-48-26-14-10-18-40(48)32-34-50(54)59-61)56(42-21-5-2-6-22-42)60-35-43-29-27-37-15-7-11-23-45(37)51(43)52-44(36-60)30-28-38-16-8-12-24-46(38)52/h1-31,33-34,40,55-57H,32,35-36H2/t40?,55-,56-,61?/m0/s1. The summed E-state index contributed by atoms with van der Waals surface area (Å²) in [6, 6.07) is 62.6. The number of allylic oxidation sites excluding steroid dienone is 4. The van der Waals surface area contributed by atoms with E-state index in [0.717, 1.165) is 40.3 Å². The van der Waals surface area contributed by atoms with Crippen LogP contribution in [0.15, 0.2) is 203 Å². The van der Waals surface area contributed by atoms with Crippen molar-refractivity contribution >= 4 is 71.0 Å². The van der Waals surface area contributed by atoms with Gasteiger partial charge in [0.05, 0.1) is 6.04 Å². The Kier molecular flexibility index (Phi) is 9.22. The molecule has 1 N–H and O–H groups in total. The molecular weight excluding hydrogens is 781 g/mol. The average molecular weight is 824 g/mol. The molecule has 0 fully saturated rings. The maximum absolute atomic E-state index is 7.24. The Labute approximate surface area is 357 Å². The van der Waals surface area contributed by atoms with Crippen molar-refractivity contribution < 1.29 is 8.39 Å². The van der Waals surface area contributed by atoms with Gasteiger partial charge in [-0.2, -0.15) is 0 Å². The van der Waals surface area contributed by atoms with Crippen molar-refractivity contribution in [2.24, 2.45) is 5.92 Å². The Hall–Kier alpha value is -6.21. The predicted molar refractivity (Wildman–Crippen MR) is 259 cm³/mol. The fourth-order valence-electron chi connectivity index (χ4n) is 10.3. The normalized spacial score (nSPS) is 17.0. The van der Waals surface area contributed by atoms with Crippen molar-refractivity contribution in [2.75, 3.05) is 5.09 Å². The van der Waals surface area contributed by atoms with Crippen LogP contribution in [0.2, 0.25) is 0 Å². The summed E-state index contributed by atoms with van der Waals surface area (Å²) >= 11 is 0. The monoisotopic (exact) mass is 823 g/mol. The van der Waals surface area contributed by atoms with Gasteiger partial charge in [0.15, 0.2) is 0 Å². The zero-order chi connectivity index (χ0) is 40.3. The summed E-state index contributed by atoms with van der Waals surface area (Å²) in [5.74, 6) is 0.300. The van der Waals surface area contributed by atoms with E-state index >= 15 is 0 Å². The highest BCUT2D eigenvalue weighted by molar-refractivity contribution is 7.56. The molecule has 0 saturated heterocycles. The minimum absolute atomic E-state index is 0.112.